The second kappa shape index (κ2) is 4.45. The van der Waals surface area contributed by atoms with Crippen molar-refractivity contribution < 1.29 is 24.2 Å². The average molecular weight is 237 g/mol. The molecule has 0 aliphatic carbocycles. The van der Waals surface area contributed by atoms with Crippen LogP contribution in [0, 0.1) is 0 Å². The first kappa shape index (κ1) is 5.54. The van der Waals surface area contributed by atoms with Crippen molar-refractivity contribution in [2.75, 3.05) is 7.11 Å². The van der Waals surface area contributed by atoms with Gasteiger partial charge < -0.3 is 9.84 Å². The van der Waals surface area contributed by atoms with Crippen LogP contribution in [0.25, 0.3) is 10.8 Å². The molecule has 2 aromatic rings. The zero-order valence-corrected chi connectivity index (χ0v) is 9.26. The van der Waals surface area contributed by atoms with Crippen LogP contribution < -0.4 is 4.74 Å². The molecule has 1 atom stereocenters. The molecule has 0 saturated heterocycles. The summed E-state index contributed by atoms with van der Waals surface area (Å²) in [6.45, 7) is 0.975. The van der Waals surface area contributed by atoms with Gasteiger partial charge in [-0.1, -0.05) is 24.2 Å². The highest BCUT2D eigenvalue weighted by atomic mass is 16.5. The Kier molecular flexibility index (Phi) is 1.45. The predicted octanol–water partition coefficient (Wildman–Crippen LogP) is 3.04. The third-order valence-corrected chi connectivity index (χ3v) is 2.25. The van der Waals surface area contributed by atoms with E-state index in [9.17, 15) is 9.90 Å². The molecule has 2 rings (SSSR count). The highest BCUT2D eigenvalue weighted by molar-refractivity contribution is 5.86. The van der Waals surface area contributed by atoms with Crippen LogP contribution >= 0.6 is 0 Å². The maximum Gasteiger partial charge on any atom is 0.310 e. The fourth-order valence-corrected chi connectivity index (χ4v) is 1.25. The summed E-state index contributed by atoms with van der Waals surface area (Å²) in [5, 5.41) is 8.66. The average Bonchev–Trinajstić information content (AvgIpc) is 2.48. The first-order valence-electron chi connectivity index (χ1n) is 8.29. The van der Waals surface area contributed by atoms with Crippen molar-refractivity contribution in [2.24, 2.45) is 0 Å². The molecule has 0 fully saturated rings. The Balaban J connectivity index is 3.16. The molecule has 88 valence electrons. The number of aliphatic carboxylic acids is 1. The van der Waals surface area contributed by atoms with Gasteiger partial charge in [-0.3, -0.25) is 4.79 Å². The molecule has 0 heterocycles. The van der Waals surface area contributed by atoms with Crippen LogP contribution in [0.1, 0.15) is 28.0 Å². The van der Waals surface area contributed by atoms with Gasteiger partial charge in [-0.15, -0.1) is 0 Å². The lowest BCUT2D eigenvalue weighted by Gasteiger charge is -2.08. The van der Waals surface area contributed by atoms with Crippen molar-refractivity contribution in [1.29, 1.82) is 0 Å². The normalized spacial score (nSPS) is 20.0. The predicted molar refractivity (Wildman–Crippen MR) is 66.6 cm³/mol. The molecule has 0 spiro atoms. The van der Waals surface area contributed by atoms with Crippen LogP contribution in [0.4, 0.5) is 0 Å². The fraction of sp³-hybridized carbons (Fsp3) is 0.214. The maximum atomic E-state index is 11.3. The molecule has 17 heavy (non-hydrogen) atoms. The molecule has 3 heteroatoms. The highest BCUT2D eigenvalue weighted by Gasteiger charge is 2.13. The largest absolute Gasteiger partial charge is 0.497 e. The smallest absolute Gasteiger partial charge is 0.310 e. The van der Waals surface area contributed by atoms with E-state index in [4.69, 9.17) is 14.3 Å². The summed E-state index contributed by atoms with van der Waals surface area (Å²) in [6.07, 6.45) is 0. The van der Waals surface area contributed by atoms with Gasteiger partial charge in [0.1, 0.15) is 5.75 Å². The van der Waals surface area contributed by atoms with Gasteiger partial charge in [0.2, 0.25) is 0 Å². The van der Waals surface area contributed by atoms with E-state index in [1.54, 1.807) is 0 Å². The molecule has 0 bridgehead atoms. The van der Waals surface area contributed by atoms with Gasteiger partial charge in [-0.25, -0.2) is 0 Å². The third-order valence-electron chi connectivity index (χ3n) is 2.25. The molecule has 1 unspecified atom stereocenters. The Labute approximate surface area is 109 Å². The summed E-state index contributed by atoms with van der Waals surface area (Å²) in [5.74, 6) is -4.26. The monoisotopic (exact) mass is 237 g/mol. The summed E-state index contributed by atoms with van der Waals surface area (Å²) < 4.78 is 61.0. The second-order valence-electron chi connectivity index (χ2n) is 3.34. The maximum absolute atomic E-state index is 11.3. The molecule has 0 aliphatic rings. The third kappa shape index (κ3) is 2.23. The van der Waals surface area contributed by atoms with Crippen LogP contribution in [0.3, 0.4) is 0 Å². The Morgan fingerprint density at radius 1 is 1.35 bits per heavy atom. The van der Waals surface area contributed by atoms with E-state index in [1.165, 1.54) is 7.11 Å². The SMILES string of the molecule is [2H]c1c(C([2H])(C)C(=O)O)c([2H])c2c([2H])c([2H])c(OC)c([2H])c2c1[2H]. The molecular formula is C14H14O3. The summed E-state index contributed by atoms with van der Waals surface area (Å²) >= 11 is 0. The minimum Gasteiger partial charge on any atom is -0.497 e. The van der Waals surface area contributed by atoms with Crippen LogP contribution in [0.2, 0.25) is 0 Å². The minimum absolute atomic E-state index is 0.243. The molecular weight excluding hydrogens is 216 g/mol. The van der Waals surface area contributed by atoms with Gasteiger partial charge in [-0.05, 0) is 35.3 Å². The van der Waals surface area contributed by atoms with Gasteiger partial charge in [-0.2, -0.15) is 0 Å². The van der Waals surface area contributed by atoms with Crippen LogP contribution in [0.5, 0.6) is 5.75 Å². The number of methoxy groups -OCH3 is 1. The van der Waals surface area contributed by atoms with Crippen LogP contribution in [-0.4, -0.2) is 18.2 Å². The van der Waals surface area contributed by atoms with Crippen molar-refractivity contribution in [3.8, 4) is 5.75 Å². The zero-order chi connectivity index (χ0) is 18.6. The molecule has 0 saturated carbocycles. The van der Waals surface area contributed by atoms with Gasteiger partial charge in [0.05, 0.1) is 21.2 Å². The number of fused-ring (bicyclic) bond motifs is 1. The molecule has 1 N–H and O–H groups in total. The van der Waals surface area contributed by atoms with Crippen molar-refractivity contribution >= 4 is 16.7 Å². The van der Waals surface area contributed by atoms with Crippen molar-refractivity contribution in [1.82, 2.24) is 0 Å². The van der Waals surface area contributed by atoms with Crippen LogP contribution in [-0.2, 0) is 4.79 Å². The van der Waals surface area contributed by atoms with Crippen LogP contribution in [0.15, 0.2) is 36.3 Å². The molecule has 2 aromatic carbocycles. The first-order valence-corrected chi connectivity index (χ1v) is 4.79. The number of carboxylic acid groups (broad SMARTS) is 1. The molecule has 0 aromatic heterocycles. The summed E-state index contributed by atoms with van der Waals surface area (Å²) in [6, 6.07) is -3.27. The molecule has 0 radical (unpaired) electrons. The van der Waals surface area contributed by atoms with E-state index in [0.29, 0.717) is 0 Å². The number of rotatable bonds is 3. The van der Waals surface area contributed by atoms with Crippen molar-refractivity contribution in [3.05, 3.63) is 41.8 Å². The highest BCUT2D eigenvalue weighted by Crippen LogP contribution is 2.25. The van der Waals surface area contributed by atoms with E-state index in [0.717, 1.165) is 6.92 Å². The van der Waals surface area contributed by atoms with Gasteiger partial charge in [0.15, 0.2) is 0 Å². The Bertz CT molecular complexity index is 877. The molecule has 0 aliphatic heterocycles. The Hall–Kier alpha value is -2.03. The van der Waals surface area contributed by atoms with E-state index >= 15 is 0 Å². The Morgan fingerprint density at radius 2 is 2.00 bits per heavy atom. The number of ether oxygens (including phenoxy) is 1. The summed E-state index contributed by atoms with van der Waals surface area (Å²) in [4.78, 5) is 11.3. The lowest BCUT2D eigenvalue weighted by atomic mass is 9.98. The first-order chi connectivity index (χ1) is 11.0. The van der Waals surface area contributed by atoms with E-state index in [1.807, 2.05) is 0 Å². The van der Waals surface area contributed by atoms with Gasteiger partial charge >= 0.3 is 5.97 Å². The quantitative estimate of drug-likeness (QED) is 0.892. The van der Waals surface area contributed by atoms with Crippen molar-refractivity contribution in [3.63, 3.8) is 0 Å². The van der Waals surface area contributed by atoms with E-state index < -0.39 is 53.7 Å². The zero-order valence-electron chi connectivity index (χ0n) is 16.3. The van der Waals surface area contributed by atoms with Gasteiger partial charge in [0.25, 0.3) is 0 Å². The number of benzene rings is 2. The molecule has 0 amide bonds. The minimum atomic E-state index is -2.38. The van der Waals surface area contributed by atoms with E-state index in [-0.39, 0.29) is 16.5 Å². The molecule has 3 nitrogen and oxygen atoms in total. The number of carbonyl (C=O) groups is 1. The summed E-state index contributed by atoms with van der Waals surface area (Å²) in [7, 11) is 1.20. The lowest BCUT2D eigenvalue weighted by Crippen LogP contribution is -2.06. The lowest BCUT2D eigenvalue weighted by molar-refractivity contribution is -0.138. The van der Waals surface area contributed by atoms with Crippen molar-refractivity contribution in [2.45, 2.75) is 12.8 Å². The Morgan fingerprint density at radius 3 is 2.65 bits per heavy atom. The van der Waals surface area contributed by atoms with Gasteiger partial charge in [0, 0.05) is 1.37 Å². The number of hydrogen-bond acceptors (Lipinski definition) is 2. The number of carboxylic acids is 1. The second-order valence-corrected chi connectivity index (χ2v) is 3.34. The number of hydrogen-bond donors (Lipinski definition) is 1. The van der Waals surface area contributed by atoms with E-state index in [2.05, 4.69) is 0 Å². The topological polar surface area (TPSA) is 46.5 Å². The summed E-state index contributed by atoms with van der Waals surface area (Å²) in [5.41, 5.74) is -0.551. The standard InChI is InChI=1S/C14H14O3/c1-9(14(15)16)10-3-4-12-8-13(17-2)6-5-11(12)7-10/h3-9H,1-2H3,(H,15,16)/i3D,4D,5D,6D,7D,8D,9D. The fourth-order valence-electron chi connectivity index (χ4n) is 1.25.